The van der Waals surface area contributed by atoms with E-state index in [-0.39, 0.29) is 17.8 Å². The van der Waals surface area contributed by atoms with Crippen molar-refractivity contribution in [2.75, 3.05) is 5.32 Å². The highest BCUT2D eigenvalue weighted by Crippen LogP contribution is 2.19. The molecule has 3 heterocycles. The number of rotatable bonds is 3. The maximum absolute atomic E-state index is 12.2. The highest BCUT2D eigenvalue weighted by atomic mass is 16.4. The van der Waals surface area contributed by atoms with Gasteiger partial charge in [0.15, 0.2) is 0 Å². The minimum absolute atomic E-state index is 0.0175. The van der Waals surface area contributed by atoms with Crippen LogP contribution in [0.2, 0.25) is 0 Å². The maximum Gasteiger partial charge on any atom is 0.322 e. The number of aromatic nitrogens is 6. The minimum Gasteiger partial charge on any atom is -0.401 e. The number of aryl methyl sites for hydroxylation is 4. The number of carbonyl (C=O) groups is 1. The highest BCUT2D eigenvalue weighted by Gasteiger charge is 2.18. The number of hydrogen-bond acceptors (Lipinski definition) is 6. The van der Waals surface area contributed by atoms with E-state index in [0.29, 0.717) is 11.4 Å². The molecular formula is C13H15N7O2. The van der Waals surface area contributed by atoms with Gasteiger partial charge in [-0.05, 0) is 25.5 Å². The van der Waals surface area contributed by atoms with Gasteiger partial charge >= 0.3 is 6.01 Å². The third-order valence-electron chi connectivity index (χ3n) is 3.32. The van der Waals surface area contributed by atoms with Gasteiger partial charge in [-0.25, -0.2) is 0 Å². The molecule has 0 bridgehead atoms. The van der Waals surface area contributed by atoms with Crippen molar-refractivity contribution in [2.24, 2.45) is 14.1 Å². The monoisotopic (exact) mass is 301 g/mol. The lowest BCUT2D eigenvalue weighted by molar-refractivity contribution is 0.101. The first-order chi connectivity index (χ1) is 10.5. The standard InChI is InChI=1S/C13H15N7O2/c1-7-6-14-20(4)10(7)11(21)15-13-17-16-12(22-13)9-5-8(2)19(3)18-9/h5-6H,1-4H3,(H,15,17,21). The molecule has 1 N–H and O–H groups in total. The average Bonchev–Trinajstić information content (AvgIpc) is 3.12. The van der Waals surface area contributed by atoms with Crippen LogP contribution in [0.3, 0.4) is 0 Å². The van der Waals surface area contributed by atoms with E-state index in [0.717, 1.165) is 11.3 Å². The molecule has 114 valence electrons. The first-order valence-corrected chi connectivity index (χ1v) is 6.60. The average molecular weight is 301 g/mol. The smallest absolute Gasteiger partial charge is 0.322 e. The van der Waals surface area contributed by atoms with Gasteiger partial charge in [-0.15, -0.1) is 5.10 Å². The van der Waals surface area contributed by atoms with Crippen LogP contribution in [0.4, 0.5) is 6.01 Å². The summed E-state index contributed by atoms with van der Waals surface area (Å²) >= 11 is 0. The molecule has 3 aromatic rings. The Morgan fingerprint density at radius 1 is 1.23 bits per heavy atom. The van der Waals surface area contributed by atoms with Crippen molar-refractivity contribution in [2.45, 2.75) is 13.8 Å². The van der Waals surface area contributed by atoms with Gasteiger partial charge in [-0.1, -0.05) is 5.10 Å². The van der Waals surface area contributed by atoms with Crippen LogP contribution in [0.25, 0.3) is 11.6 Å². The number of carbonyl (C=O) groups excluding carboxylic acids is 1. The maximum atomic E-state index is 12.2. The molecule has 9 heteroatoms. The lowest BCUT2D eigenvalue weighted by Gasteiger charge is -2.02. The molecule has 0 radical (unpaired) electrons. The minimum atomic E-state index is -0.357. The van der Waals surface area contributed by atoms with Gasteiger partial charge < -0.3 is 4.42 Å². The summed E-state index contributed by atoms with van der Waals surface area (Å²) in [5.41, 5.74) is 2.72. The molecule has 0 aliphatic carbocycles. The Hall–Kier alpha value is -2.97. The fourth-order valence-corrected chi connectivity index (χ4v) is 2.07. The van der Waals surface area contributed by atoms with Crippen molar-refractivity contribution in [3.05, 3.63) is 29.2 Å². The number of amides is 1. The van der Waals surface area contributed by atoms with Crippen LogP contribution < -0.4 is 5.32 Å². The molecule has 0 spiro atoms. The molecule has 0 aliphatic heterocycles. The normalized spacial score (nSPS) is 10.9. The first-order valence-electron chi connectivity index (χ1n) is 6.60. The molecule has 0 saturated heterocycles. The zero-order valence-corrected chi connectivity index (χ0v) is 12.7. The second-order valence-corrected chi connectivity index (χ2v) is 4.96. The Kier molecular flexibility index (Phi) is 3.24. The molecule has 0 fully saturated rings. The third-order valence-corrected chi connectivity index (χ3v) is 3.32. The van der Waals surface area contributed by atoms with Crippen LogP contribution in [0.1, 0.15) is 21.7 Å². The molecule has 0 unspecified atom stereocenters. The van der Waals surface area contributed by atoms with Gasteiger partial charge in [0, 0.05) is 19.8 Å². The molecule has 3 rings (SSSR count). The predicted molar refractivity (Wildman–Crippen MR) is 77.1 cm³/mol. The summed E-state index contributed by atoms with van der Waals surface area (Å²) in [6.07, 6.45) is 1.62. The van der Waals surface area contributed by atoms with E-state index in [2.05, 4.69) is 25.7 Å². The van der Waals surface area contributed by atoms with Crippen molar-refractivity contribution >= 4 is 11.9 Å². The molecule has 0 saturated carbocycles. The number of nitrogens with one attached hydrogen (secondary N) is 1. The van der Waals surface area contributed by atoms with Gasteiger partial charge in [0.05, 0.1) is 6.20 Å². The van der Waals surface area contributed by atoms with E-state index in [9.17, 15) is 4.79 Å². The molecule has 1 amide bonds. The number of anilines is 1. The summed E-state index contributed by atoms with van der Waals surface area (Å²) in [6, 6.07) is 1.84. The van der Waals surface area contributed by atoms with Crippen LogP contribution in [-0.4, -0.2) is 35.7 Å². The Morgan fingerprint density at radius 2 is 2.00 bits per heavy atom. The summed E-state index contributed by atoms with van der Waals surface area (Å²) < 4.78 is 8.62. The van der Waals surface area contributed by atoms with E-state index in [4.69, 9.17) is 4.42 Å². The van der Waals surface area contributed by atoms with E-state index < -0.39 is 0 Å². The molecule has 0 aromatic carbocycles. The number of hydrogen-bond donors (Lipinski definition) is 1. The predicted octanol–water partition coefficient (Wildman–Crippen LogP) is 1.07. The first kappa shape index (κ1) is 14.0. The van der Waals surface area contributed by atoms with E-state index in [1.165, 1.54) is 4.68 Å². The van der Waals surface area contributed by atoms with Crippen LogP contribution >= 0.6 is 0 Å². The van der Waals surface area contributed by atoms with Gasteiger partial charge in [-0.2, -0.15) is 10.2 Å². The van der Waals surface area contributed by atoms with Gasteiger partial charge in [0.1, 0.15) is 11.4 Å². The molecule has 9 nitrogen and oxygen atoms in total. The topological polar surface area (TPSA) is 104 Å². The molecule has 0 aliphatic rings. The Morgan fingerprint density at radius 3 is 2.59 bits per heavy atom. The van der Waals surface area contributed by atoms with Crippen molar-refractivity contribution in [1.82, 2.24) is 29.8 Å². The van der Waals surface area contributed by atoms with E-state index in [1.54, 1.807) is 24.9 Å². The second-order valence-electron chi connectivity index (χ2n) is 4.96. The fourth-order valence-electron chi connectivity index (χ4n) is 2.07. The van der Waals surface area contributed by atoms with E-state index in [1.807, 2.05) is 20.0 Å². The molecule has 0 atom stereocenters. The van der Waals surface area contributed by atoms with E-state index >= 15 is 0 Å². The van der Waals surface area contributed by atoms with Crippen LogP contribution in [0.5, 0.6) is 0 Å². The summed E-state index contributed by atoms with van der Waals surface area (Å²) in [5, 5.41) is 18.5. The van der Waals surface area contributed by atoms with Crippen LogP contribution in [-0.2, 0) is 14.1 Å². The van der Waals surface area contributed by atoms with Crippen LogP contribution in [0, 0.1) is 13.8 Å². The zero-order chi connectivity index (χ0) is 15.9. The second kappa shape index (κ2) is 5.10. The van der Waals surface area contributed by atoms with Crippen molar-refractivity contribution < 1.29 is 9.21 Å². The molecule has 3 aromatic heterocycles. The van der Waals surface area contributed by atoms with Gasteiger partial charge in [0.25, 0.3) is 11.8 Å². The van der Waals surface area contributed by atoms with Crippen molar-refractivity contribution in [3.8, 4) is 11.6 Å². The SMILES string of the molecule is Cc1cnn(C)c1C(=O)Nc1nnc(-c2cc(C)n(C)n2)o1. The number of nitrogens with zero attached hydrogens (tertiary/aromatic N) is 6. The lowest BCUT2D eigenvalue weighted by Crippen LogP contribution is -2.17. The van der Waals surface area contributed by atoms with Gasteiger partial charge in [-0.3, -0.25) is 19.5 Å². The lowest BCUT2D eigenvalue weighted by atomic mass is 10.2. The summed E-state index contributed by atoms with van der Waals surface area (Å²) in [5.74, 6) is -0.106. The highest BCUT2D eigenvalue weighted by molar-refractivity contribution is 6.02. The quantitative estimate of drug-likeness (QED) is 0.776. The Bertz CT molecular complexity index is 804. The summed E-state index contributed by atoms with van der Waals surface area (Å²) in [6.45, 7) is 3.72. The third kappa shape index (κ3) is 2.36. The van der Waals surface area contributed by atoms with Crippen LogP contribution in [0.15, 0.2) is 16.7 Å². The largest absolute Gasteiger partial charge is 0.401 e. The van der Waals surface area contributed by atoms with Gasteiger partial charge in [0.2, 0.25) is 0 Å². The summed E-state index contributed by atoms with van der Waals surface area (Å²) in [4.78, 5) is 12.2. The Balaban J connectivity index is 1.81. The Labute approximate surface area is 125 Å². The molecular weight excluding hydrogens is 286 g/mol. The van der Waals surface area contributed by atoms with Crippen molar-refractivity contribution in [3.63, 3.8) is 0 Å². The zero-order valence-electron chi connectivity index (χ0n) is 12.7. The molecule has 22 heavy (non-hydrogen) atoms. The fraction of sp³-hybridized carbons (Fsp3) is 0.308. The summed E-state index contributed by atoms with van der Waals surface area (Å²) in [7, 11) is 3.51. The van der Waals surface area contributed by atoms with Crippen molar-refractivity contribution in [1.29, 1.82) is 0 Å².